The summed E-state index contributed by atoms with van der Waals surface area (Å²) in [6.45, 7) is 0. The van der Waals surface area contributed by atoms with Gasteiger partial charge in [0.25, 0.3) is 0 Å². The van der Waals surface area contributed by atoms with Crippen molar-refractivity contribution in [3.05, 3.63) is 200 Å². The molecule has 0 fully saturated rings. The molecule has 2 aromatic heterocycles. The zero-order chi connectivity index (χ0) is 37.5. The third kappa shape index (κ3) is 4.91. The van der Waals surface area contributed by atoms with Crippen LogP contribution in [0.3, 0.4) is 0 Å². The second-order valence-electron chi connectivity index (χ2n) is 14.8. The second kappa shape index (κ2) is 12.4. The number of anilines is 3. The highest BCUT2D eigenvalue weighted by atomic mass is 16.3. The fraction of sp³-hybridized carbons (Fsp3) is 0. The Morgan fingerprint density at radius 2 is 1.02 bits per heavy atom. The van der Waals surface area contributed by atoms with E-state index >= 15 is 0 Å². The number of rotatable bonds is 5. The highest BCUT2D eigenvalue weighted by molar-refractivity contribution is 6.20. The monoisotopic (exact) mass is 727 g/mol. The van der Waals surface area contributed by atoms with Crippen LogP contribution in [-0.2, 0) is 0 Å². The topological polar surface area (TPSA) is 34.2 Å². The van der Waals surface area contributed by atoms with Crippen molar-refractivity contribution in [2.75, 3.05) is 4.90 Å². The average molecular weight is 728 g/mol. The smallest absolute Gasteiger partial charge is 0.227 e. The summed E-state index contributed by atoms with van der Waals surface area (Å²) in [6.07, 6.45) is 0. The Labute approximate surface area is 328 Å². The van der Waals surface area contributed by atoms with Crippen LogP contribution in [0, 0.1) is 0 Å². The van der Waals surface area contributed by atoms with E-state index in [0.29, 0.717) is 5.89 Å². The molecule has 0 aliphatic heterocycles. The first-order valence-corrected chi connectivity index (χ1v) is 19.4. The first-order valence-electron chi connectivity index (χ1n) is 19.4. The van der Waals surface area contributed by atoms with E-state index in [9.17, 15) is 0 Å². The van der Waals surface area contributed by atoms with Gasteiger partial charge in [0.05, 0.1) is 16.7 Å². The Kier molecular flexibility index (Phi) is 6.89. The largest absolute Gasteiger partial charge is 0.435 e. The molecule has 0 amide bonds. The van der Waals surface area contributed by atoms with Crippen LogP contribution in [0.15, 0.2) is 205 Å². The van der Waals surface area contributed by atoms with Crippen LogP contribution in [0.2, 0.25) is 0 Å². The molecule has 0 bridgehead atoms. The summed E-state index contributed by atoms with van der Waals surface area (Å²) in [7, 11) is 0. The maximum atomic E-state index is 6.66. The highest BCUT2D eigenvalue weighted by Crippen LogP contribution is 2.46. The number of oxazole rings is 1. The molecule has 0 saturated heterocycles. The first-order chi connectivity index (χ1) is 28.3. The minimum Gasteiger partial charge on any atom is -0.435 e. The minimum absolute atomic E-state index is 0.623. The van der Waals surface area contributed by atoms with Gasteiger partial charge in [-0.05, 0) is 110 Å². The number of para-hydroxylation sites is 2. The van der Waals surface area contributed by atoms with E-state index < -0.39 is 0 Å². The Balaban J connectivity index is 1.17. The van der Waals surface area contributed by atoms with Gasteiger partial charge in [-0.15, -0.1) is 0 Å². The molecule has 12 rings (SSSR count). The molecule has 12 aromatic rings. The number of hydrogen-bond acceptors (Lipinski definition) is 3. The summed E-state index contributed by atoms with van der Waals surface area (Å²) >= 11 is 0. The van der Waals surface area contributed by atoms with E-state index in [1.165, 1.54) is 37.8 Å². The molecule has 0 aliphatic carbocycles. The summed E-state index contributed by atoms with van der Waals surface area (Å²) in [4.78, 5) is 7.40. The highest BCUT2D eigenvalue weighted by Gasteiger charge is 2.22. The summed E-state index contributed by atoms with van der Waals surface area (Å²) in [6, 6.07) is 71.8. The molecule has 266 valence electrons. The number of benzene rings is 10. The van der Waals surface area contributed by atoms with Gasteiger partial charge in [-0.25, -0.2) is 4.98 Å². The third-order valence-corrected chi connectivity index (χ3v) is 11.5. The lowest BCUT2D eigenvalue weighted by atomic mass is 9.99. The number of fused-ring (bicyclic) bond motifs is 11. The molecule has 0 spiro atoms. The minimum atomic E-state index is 0.623. The molecule has 0 atom stereocenters. The number of aromatic nitrogens is 2. The molecule has 4 nitrogen and oxygen atoms in total. The van der Waals surface area contributed by atoms with Gasteiger partial charge in [0.15, 0.2) is 5.58 Å². The molecule has 57 heavy (non-hydrogen) atoms. The zero-order valence-electron chi connectivity index (χ0n) is 30.8. The lowest BCUT2D eigenvalue weighted by molar-refractivity contribution is 0.623. The molecular weight excluding hydrogens is 695 g/mol. The predicted octanol–water partition coefficient (Wildman–Crippen LogP) is 14.7. The van der Waals surface area contributed by atoms with Crippen molar-refractivity contribution in [2.24, 2.45) is 0 Å². The standard InChI is InChI=1S/C53H33N3O/c1-3-13-38(14-4-1)53-54-46-31-28-37-25-24-36-27-30-41(33-45(36)50(37)52(46)57-53)55(40-29-26-35-23-22-34-12-7-8-17-42(34)44(35)32-40)48-20-11-21-49-51(48)43-18-9-10-19-47(43)56(49)39-15-5-2-6-16-39/h1-33H. The third-order valence-electron chi connectivity index (χ3n) is 11.5. The van der Waals surface area contributed by atoms with Crippen molar-refractivity contribution in [3.8, 4) is 17.1 Å². The van der Waals surface area contributed by atoms with E-state index in [0.717, 1.165) is 66.5 Å². The van der Waals surface area contributed by atoms with Crippen LogP contribution in [0.25, 0.3) is 93.1 Å². The summed E-state index contributed by atoms with van der Waals surface area (Å²) in [5.41, 5.74) is 9.29. The fourth-order valence-electron chi connectivity index (χ4n) is 8.95. The van der Waals surface area contributed by atoms with E-state index in [-0.39, 0.29) is 0 Å². The van der Waals surface area contributed by atoms with Crippen LogP contribution in [0.5, 0.6) is 0 Å². The second-order valence-corrected chi connectivity index (χ2v) is 14.8. The molecule has 0 saturated carbocycles. The summed E-state index contributed by atoms with van der Waals surface area (Å²) < 4.78 is 9.05. The zero-order valence-corrected chi connectivity index (χ0v) is 30.8. The van der Waals surface area contributed by atoms with Crippen LogP contribution >= 0.6 is 0 Å². The van der Waals surface area contributed by atoms with Crippen LogP contribution in [0.1, 0.15) is 0 Å². The van der Waals surface area contributed by atoms with Crippen molar-refractivity contribution in [1.29, 1.82) is 0 Å². The van der Waals surface area contributed by atoms with Gasteiger partial charge >= 0.3 is 0 Å². The van der Waals surface area contributed by atoms with Crippen molar-refractivity contribution in [2.45, 2.75) is 0 Å². The molecule has 0 aliphatic rings. The van der Waals surface area contributed by atoms with E-state index in [4.69, 9.17) is 9.40 Å². The molecule has 10 aromatic carbocycles. The Bertz CT molecular complexity index is 3530. The number of nitrogens with zero attached hydrogens (tertiary/aromatic N) is 3. The van der Waals surface area contributed by atoms with Gasteiger partial charge in [-0.3, -0.25) is 0 Å². The molecule has 2 heterocycles. The van der Waals surface area contributed by atoms with Gasteiger partial charge in [-0.2, -0.15) is 0 Å². The van der Waals surface area contributed by atoms with Crippen molar-refractivity contribution < 1.29 is 4.42 Å². The fourth-order valence-corrected chi connectivity index (χ4v) is 8.95. The van der Waals surface area contributed by atoms with Crippen LogP contribution < -0.4 is 4.90 Å². The van der Waals surface area contributed by atoms with Crippen molar-refractivity contribution >= 4 is 93.1 Å². The Morgan fingerprint density at radius 1 is 0.421 bits per heavy atom. The summed E-state index contributed by atoms with van der Waals surface area (Å²) in [5, 5.41) is 11.7. The lowest BCUT2D eigenvalue weighted by Gasteiger charge is -2.27. The van der Waals surface area contributed by atoms with Gasteiger partial charge in [0.1, 0.15) is 5.52 Å². The SMILES string of the molecule is c1ccc(-c2nc3ccc4ccc5ccc(N(c6ccc7ccc8ccccc8c7c6)c6cccc7c6c6ccccc6n7-c6ccccc6)cc5c4c3o2)cc1. The first kappa shape index (κ1) is 31.6. The Hall–Kier alpha value is -7.69. The average Bonchev–Trinajstić information content (AvgIpc) is 3.87. The molecule has 0 radical (unpaired) electrons. The van der Waals surface area contributed by atoms with Gasteiger partial charge in [0, 0.05) is 38.8 Å². The molecule has 4 heteroatoms. The molecular formula is C53H33N3O. The Morgan fingerprint density at radius 3 is 1.82 bits per heavy atom. The molecule has 0 unspecified atom stereocenters. The van der Waals surface area contributed by atoms with E-state index in [1.54, 1.807) is 0 Å². The van der Waals surface area contributed by atoms with E-state index in [1.807, 2.05) is 30.3 Å². The quantitative estimate of drug-likeness (QED) is 0.166. The predicted molar refractivity (Wildman–Crippen MR) is 238 cm³/mol. The molecule has 0 N–H and O–H groups in total. The van der Waals surface area contributed by atoms with Gasteiger partial charge in [0.2, 0.25) is 5.89 Å². The number of hydrogen-bond donors (Lipinski definition) is 0. The van der Waals surface area contributed by atoms with E-state index in [2.05, 4.69) is 179 Å². The normalized spacial score (nSPS) is 11.9. The van der Waals surface area contributed by atoms with Crippen molar-refractivity contribution in [1.82, 2.24) is 9.55 Å². The maximum Gasteiger partial charge on any atom is 0.227 e. The summed E-state index contributed by atoms with van der Waals surface area (Å²) in [5.74, 6) is 0.623. The van der Waals surface area contributed by atoms with Gasteiger partial charge < -0.3 is 13.9 Å². The maximum absolute atomic E-state index is 6.66. The lowest BCUT2D eigenvalue weighted by Crippen LogP contribution is -2.10. The van der Waals surface area contributed by atoms with Crippen LogP contribution in [-0.4, -0.2) is 9.55 Å². The van der Waals surface area contributed by atoms with Gasteiger partial charge in [-0.1, -0.05) is 127 Å². The van der Waals surface area contributed by atoms with Crippen LogP contribution in [0.4, 0.5) is 17.1 Å². The van der Waals surface area contributed by atoms with Crippen molar-refractivity contribution in [3.63, 3.8) is 0 Å².